The molecular formula is C18H30BrNO. The zero-order valence-electron chi connectivity index (χ0n) is 13.5. The molecule has 0 aliphatic heterocycles. The highest BCUT2D eigenvalue weighted by Crippen LogP contribution is 2.24. The Bertz CT molecular complexity index is 395. The minimum Gasteiger partial charge on any atom is -0.496 e. The second-order valence-corrected chi connectivity index (χ2v) is 6.75. The number of halogens is 1. The van der Waals surface area contributed by atoms with Crippen LogP contribution in [0.15, 0.2) is 22.7 Å². The molecule has 1 aromatic carbocycles. The third-order valence-corrected chi connectivity index (χ3v) is 4.40. The zero-order valence-corrected chi connectivity index (χ0v) is 15.1. The van der Waals surface area contributed by atoms with Gasteiger partial charge in [-0.25, -0.2) is 0 Å². The molecule has 0 aromatic heterocycles. The van der Waals surface area contributed by atoms with Crippen LogP contribution in [0.3, 0.4) is 0 Å². The van der Waals surface area contributed by atoms with Crippen molar-refractivity contribution in [1.29, 1.82) is 0 Å². The lowest BCUT2D eigenvalue weighted by atomic mass is 9.99. The van der Waals surface area contributed by atoms with E-state index in [2.05, 4.69) is 28.9 Å². The van der Waals surface area contributed by atoms with E-state index in [1.807, 2.05) is 12.1 Å². The SMILES string of the molecule is CCCCCCCCCC(N)Cc1cc(Br)ccc1OC. The van der Waals surface area contributed by atoms with E-state index in [1.165, 1.54) is 50.5 Å². The predicted octanol–water partition coefficient (Wildman–Crippen LogP) is 5.47. The van der Waals surface area contributed by atoms with Crippen LogP contribution in [0.5, 0.6) is 5.75 Å². The largest absolute Gasteiger partial charge is 0.496 e. The number of benzene rings is 1. The Morgan fingerprint density at radius 1 is 1.10 bits per heavy atom. The summed E-state index contributed by atoms with van der Waals surface area (Å²) >= 11 is 3.51. The van der Waals surface area contributed by atoms with Crippen LogP contribution in [-0.4, -0.2) is 13.2 Å². The van der Waals surface area contributed by atoms with Gasteiger partial charge in [-0.05, 0) is 36.6 Å². The molecule has 0 aliphatic rings. The van der Waals surface area contributed by atoms with Crippen molar-refractivity contribution in [3.05, 3.63) is 28.2 Å². The lowest BCUT2D eigenvalue weighted by Crippen LogP contribution is -2.22. The maximum atomic E-state index is 6.27. The topological polar surface area (TPSA) is 35.2 Å². The zero-order chi connectivity index (χ0) is 15.5. The number of ether oxygens (including phenoxy) is 1. The summed E-state index contributed by atoms with van der Waals surface area (Å²) in [6, 6.07) is 6.34. The van der Waals surface area contributed by atoms with E-state index in [-0.39, 0.29) is 6.04 Å². The predicted molar refractivity (Wildman–Crippen MR) is 95.0 cm³/mol. The highest BCUT2D eigenvalue weighted by Gasteiger charge is 2.09. The van der Waals surface area contributed by atoms with E-state index in [1.54, 1.807) is 7.11 Å². The fraction of sp³-hybridized carbons (Fsp3) is 0.667. The van der Waals surface area contributed by atoms with Crippen LogP contribution < -0.4 is 10.5 Å². The minimum absolute atomic E-state index is 0.226. The lowest BCUT2D eigenvalue weighted by Gasteiger charge is -2.14. The van der Waals surface area contributed by atoms with Gasteiger partial charge in [0.25, 0.3) is 0 Å². The Balaban J connectivity index is 2.24. The van der Waals surface area contributed by atoms with Crippen molar-refractivity contribution in [1.82, 2.24) is 0 Å². The van der Waals surface area contributed by atoms with E-state index >= 15 is 0 Å². The van der Waals surface area contributed by atoms with Crippen LogP contribution in [0.25, 0.3) is 0 Å². The molecule has 0 aliphatic carbocycles. The van der Waals surface area contributed by atoms with Crippen molar-refractivity contribution < 1.29 is 4.74 Å². The lowest BCUT2D eigenvalue weighted by molar-refractivity contribution is 0.406. The fourth-order valence-corrected chi connectivity index (χ4v) is 3.06. The molecule has 1 aromatic rings. The standard InChI is InChI=1S/C18H30BrNO/c1-3-4-5-6-7-8-9-10-17(20)14-15-13-16(19)11-12-18(15)21-2/h11-13,17H,3-10,14,20H2,1-2H3. The van der Waals surface area contributed by atoms with Crippen molar-refractivity contribution in [2.24, 2.45) is 5.73 Å². The average Bonchev–Trinajstić information content (AvgIpc) is 2.46. The van der Waals surface area contributed by atoms with Crippen molar-refractivity contribution in [2.45, 2.75) is 70.8 Å². The summed E-state index contributed by atoms with van der Waals surface area (Å²) in [7, 11) is 1.72. The molecule has 1 rings (SSSR count). The summed E-state index contributed by atoms with van der Waals surface area (Å²) in [6.45, 7) is 2.26. The number of nitrogens with two attached hydrogens (primary N) is 1. The number of unbranched alkanes of at least 4 members (excludes halogenated alkanes) is 6. The van der Waals surface area contributed by atoms with E-state index in [9.17, 15) is 0 Å². The molecule has 0 saturated heterocycles. The molecule has 0 heterocycles. The van der Waals surface area contributed by atoms with E-state index < -0.39 is 0 Å². The first-order valence-electron chi connectivity index (χ1n) is 8.25. The summed E-state index contributed by atoms with van der Waals surface area (Å²) in [5.41, 5.74) is 7.47. The maximum Gasteiger partial charge on any atom is 0.122 e. The second-order valence-electron chi connectivity index (χ2n) is 5.83. The Morgan fingerprint density at radius 3 is 2.43 bits per heavy atom. The van der Waals surface area contributed by atoms with Crippen molar-refractivity contribution in [3.63, 3.8) is 0 Å². The molecule has 0 spiro atoms. The quantitative estimate of drug-likeness (QED) is 0.534. The Labute approximate surface area is 138 Å². The van der Waals surface area contributed by atoms with Gasteiger partial charge in [0, 0.05) is 10.5 Å². The maximum absolute atomic E-state index is 6.27. The van der Waals surface area contributed by atoms with Crippen molar-refractivity contribution in [2.75, 3.05) is 7.11 Å². The average molecular weight is 356 g/mol. The molecule has 0 fully saturated rings. The number of methoxy groups -OCH3 is 1. The van der Waals surface area contributed by atoms with Crippen LogP contribution in [0.1, 0.15) is 63.9 Å². The number of hydrogen-bond donors (Lipinski definition) is 1. The van der Waals surface area contributed by atoms with Crippen LogP contribution >= 0.6 is 15.9 Å². The van der Waals surface area contributed by atoms with Gasteiger partial charge in [-0.3, -0.25) is 0 Å². The molecule has 120 valence electrons. The van der Waals surface area contributed by atoms with Gasteiger partial charge in [0.2, 0.25) is 0 Å². The Morgan fingerprint density at radius 2 is 1.76 bits per heavy atom. The van der Waals surface area contributed by atoms with Crippen LogP contribution in [0, 0.1) is 0 Å². The first kappa shape index (κ1) is 18.5. The van der Waals surface area contributed by atoms with Crippen molar-refractivity contribution in [3.8, 4) is 5.75 Å². The summed E-state index contributed by atoms with van der Waals surface area (Å²) in [5.74, 6) is 0.938. The molecule has 0 saturated carbocycles. The van der Waals surface area contributed by atoms with E-state index in [0.29, 0.717) is 0 Å². The molecule has 2 nitrogen and oxygen atoms in total. The molecular weight excluding hydrogens is 326 g/mol. The van der Waals surface area contributed by atoms with Gasteiger partial charge in [-0.1, -0.05) is 67.8 Å². The van der Waals surface area contributed by atoms with Crippen LogP contribution in [0.2, 0.25) is 0 Å². The first-order valence-corrected chi connectivity index (χ1v) is 9.04. The summed E-state index contributed by atoms with van der Waals surface area (Å²) in [5, 5.41) is 0. The molecule has 1 unspecified atom stereocenters. The van der Waals surface area contributed by atoms with Gasteiger partial charge in [0.1, 0.15) is 5.75 Å². The minimum atomic E-state index is 0.226. The summed E-state index contributed by atoms with van der Waals surface area (Å²) in [4.78, 5) is 0. The molecule has 0 radical (unpaired) electrons. The highest BCUT2D eigenvalue weighted by molar-refractivity contribution is 9.10. The molecule has 2 N–H and O–H groups in total. The molecule has 21 heavy (non-hydrogen) atoms. The highest BCUT2D eigenvalue weighted by atomic mass is 79.9. The number of hydrogen-bond acceptors (Lipinski definition) is 2. The summed E-state index contributed by atoms with van der Waals surface area (Å²) in [6.07, 6.45) is 11.4. The van der Waals surface area contributed by atoms with Gasteiger partial charge in [-0.2, -0.15) is 0 Å². The molecule has 1 atom stereocenters. The van der Waals surface area contributed by atoms with Gasteiger partial charge in [-0.15, -0.1) is 0 Å². The van der Waals surface area contributed by atoms with E-state index in [0.717, 1.165) is 23.1 Å². The van der Waals surface area contributed by atoms with Gasteiger partial charge in [0.15, 0.2) is 0 Å². The summed E-state index contributed by atoms with van der Waals surface area (Å²) < 4.78 is 6.49. The van der Waals surface area contributed by atoms with E-state index in [4.69, 9.17) is 10.5 Å². The molecule has 0 amide bonds. The monoisotopic (exact) mass is 355 g/mol. The van der Waals surface area contributed by atoms with Crippen LogP contribution in [-0.2, 0) is 6.42 Å². The second kappa shape index (κ2) is 11.1. The number of rotatable bonds is 11. The fourth-order valence-electron chi connectivity index (χ4n) is 2.65. The third-order valence-electron chi connectivity index (χ3n) is 3.90. The smallest absolute Gasteiger partial charge is 0.122 e. The normalized spacial score (nSPS) is 12.4. The van der Waals surface area contributed by atoms with Gasteiger partial charge in [0.05, 0.1) is 7.11 Å². The van der Waals surface area contributed by atoms with Gasteiger partial charge < -0.3 is 10.5 Å². The molecule has 0 bridgehead atoms. The van der Waals surface area contributed by atoms with Crippen molar-refractivity contribution >= 4 is 15.9 Å². The Hall–Kier alpha value is -0.540. The van der Waals surface area contributed by atoms with Crippen LogP contribution in [0.4, 0.5) is 0 Å². The first-order chi connectivity index (χ1) is 10.2. The van der Waals surface area contributed by atoms with Gasteiger partial charge >= 0.3 is 0 Å². The third kappa shape index (κ3) is 7.87. The Kier molecular flexibility index (Phi) is 9.77. The molecule has 3 heteroatoms.